The Labute approximate surface area is 478 Å². The second-order valence-corrected chi connectivity index (χ2v) is 23.3. The van der Waals surface area contributed by atoms with Crippen LogP contribution >= 0.6 is 23.2 Å². The number of hydrogen-bond donors (Lipinski definition) is 3. The Morgan fingerprint density at radius 3 is 1.34 bits per heavy atom. The first-order chi connectivity index (χ1) is 38.6. The van der Waals surface area contributed by atoms with Gasteiger partial charge in [0.15, 0.2) is 19.7 Å². The second-order valence-electron chi connectivity index (χ2n) is 18.4. The summed E-state index contributed by atoms with van der Waals surface area (Å²) >= 11 is 12.4. The topological polar surface area (TPSA) is 209 Å². The van der Waals surface area contributed by atoms with E-state index >= 15 is 0 Å². The van der Waals surface area contributed by atoms with E-state index in [4.69, 9.17) is 42.1 Å². The lowest BCUT2D eigenvalue weighted by Crippen LogP contribution is -2.37. The molecule has 440 valence electrons. The van der Waals surface area contributed by atoms with E-state index in [0.717, 1.165) is 18.6 Å². The predicted octanol–water partition coefficient (Wildman–Crippen LogP) is 10.9. The maximum Gasteiger partial charge on any atom is 0.573 e. The number of methoxy groups -OCH3 is 2. The molecule has 2 atom stereocenters. The van der Waals surface area contributed by atoms with Crippen molar-refractivity contribution in [3.63, 3.8) is 0 Å². The molecule has 0 saturated heterocycles. The molecule has 0 saturated carbocycles. The number of benzene rings is 6. The van der Waals surface area contributed by atoms with E-state index in [1.165, 1.54) is 109 Å². The highest BCUT2D eigenvalue weighted by molar-refractivity contribution is 7.91. The number of hydrogen-bond acceptors (Lipinski definition) is 15. The smallest absolute Gasteiger partial charge is 0.497 e. The number of nitrogens with zero attached hydrogens (tertiary/aromatic N) is 2. The van der Waals surface area contributed by atoms with Crippen LogP contribution in [0.5, 0.6) is 34.5 Å². The van der Waals surface area contributed by atoms with Crippen LogP contribution < -0.4 is 48.9 Å². The molecule has 3 N–H and O–H groups in total. The quantitative estimate of drug-likeness (QED) is 0.0608. The van der Waals surface area contributed by atoms with Gasteiger partial charge in [-0.3, -0.25) is 9.59 Å². The minimum Gasteiger partial charge on any atom is -0.497 e. The summed E-state index contributed by atoms with van der Waals surface area (Å²) in [6, 6.07) is 22.9. The number of ether oxygens (including phenoxy) is 6. The highest BCUT2D eigenvalue weighted by atomic mass is 35.5. The third-order valence-corrected chi connectivity index (χ3v) is 15.1. The molecule has 0 aliphatic carbocycles. The van der Waals surface area contributed by atoms with E-state index in [0.29, 0.717) is 53.3 Å². The van der Waals surface area contributed by atoms with Gasteiger partial charge in [0.05, 0.1) is 48.6 Å². The van der Waals surface area contributed by atoms with Crippen molar-refractivity contribution >= 4 is 77.4 Å². The second kappa shape index (κ2) is 25.9. The van der Waals surface area contributed by atoms with E-state index in [-0.39, 0.29) is 86.7 Å². The van der Waals surface area contributed by atoms with Crippen molar-refractivity contribution in [2.45, 2.75) is 60.8 Å². The van der Waals surface area contributed by atoms with Crippen LogP contribution in [0.15, 0.2) is 119 Å². The maximum absolute atomic E-state index is 14.2. The predicted molar refractivity (Wildman–Crippen MR) is 295 cm³/mol. The standard InChI is InChI=1S/C28H28ClF3N2O6S.C27H26ClF3N2O7S/c1-4-11-39-25-12-18(29)6-8-23(25)26(33-19-13-21(38-2)15-22(14-19)41(3,36)37)27(35)34-10-9-17-5-7-20(16-24(17)34)40-28(30,31)32;1-38-20-12-18(13-21(14-20)41(2,36)37)32-25(22-6-4-17(28)11-24(22)39-10-9-34)26(35)33-8-7-16-3-5-19(15-23(16)33)40-27(29,30)31/h5-8,12-16,26,33H,4,9-11H2,1-3H3;3-6,11-15,25,32,34H,7-10H2,1-2H3. The number of carbonyl (C=O) groups is 2. The first-order valence-electron chi connectivity index (χ1n) is 24.7. The van der Waals surface area contributed by atoms with E-state index in [9.17, 15) is 57.9 Å². The van der Waals surface area contributed by atoms with Crippen LogP contribution in [0.25, 0.3) is 0 Å². The van der Waals surface area contributed by atoms with Crippen LogP contribution in [-0.2, 0) is 42.1 Å². The number of rotatable bonds is 20. The molecule has 6 aromatic carbocycles. The lowest BCUT2D eigenvalue weighted by Gasteiger charge is -2.28. The van der Waals surface area contributed by atoms with Crippen molar-refractivity contribution in [3.8, 4) is 34.5 Å². The van der Waals surface area contributed by atoms with Crippen LogP contribution in [0, 0.1) is 0 Å². The normalized spacial score (nSPS) is 13.9. The minimum atomic E-state index is -4.92. The molecule has 2 unspecified atom stereocenters. The Bertz CT molecular complexity index is 3330. The number of anilines is 4. The molecule has 27 heteroatoms. The zero-order valence-corrected chi connectivity index (χ0v) is 47.4. The number of sulfone groups is 2. The Kier molecular flexibility index (Phi) is 19.6. The van der Waals surface area contributed by atoms with Crippen molar-refractivity contribution in [2.24, 2.45) is 0 Å². The van der Waals surface area contributed by atoms with Gasteiger partial charge in [-0.15, -0.1) is 26.3 Å². The van der Waals surface area contributed by atoms with Gasteiger partial charge in [0.2, 0.25) is 0 Å². The van der Waals surface area contributed by atoms with Crippen LogP contribution in [0.2, 0.25) is 10.0 Å². The summed E-state index contributed by atoms with van der Waals surface area (Å²) in [6.45, 7) is 2.16. The third-order valence-electron chi connectivity index (χ3n) is 12.5. The average molecular weight is 1230 g/mol. The number of aliphatic hydroxyl groups is 1. The van der Waals surface area contributed by atoms with Crippen molar-refractivity contribution < 1.29 is 86.3 Å². The van der Waals surface area contributed by atoms with Crippen molar-refractivity contribution in [2.75, 3.05) is 80.1 Å². The molecule has 0 radical (unpaired) electrons. The number of fused-ring (bicyclic) bond motifs is 2. The molecular formula is C55H54Cl2F6N4O13S2. The average Bonchev–Trinajstić information content (AvgIpc) is 4.23. The largest absolute Gasteiger partial charge is 0.573 e. The molecule has 2 aliphatic heterocycles. The monoisotopic (exact) mass is 1230 g/mol. The van der Waals surface area contributed by atoms with Gasteiger partial charge in [-0.2, -0.15) is 0 Å². The maximum atomic E-state index is 14.2. The van der Waals surface area contributed by atoms with Gasteiger partial charge in [-0.1, -0.05) is 54.4 Å². The summed E-state index contributed by atoms with van der Waals surface area (Å²) in [5.41, 5.74) is 2.97. The van der Waals surface area contributed by atoms with E-state index < -0.39 is 67.8 Å². The third kappa shape index (κ3) is 16.0. The van der Waals surface area contributed by atoms with E-state index in [1.807, 2.05) is 6.92 Å². The van der Waals surface area contributed by atoms with Gasteiger partial charge in [0.25, 0.3) is 11.8 Å². The van der Waals surface area contributed by atoms with Gasteiger partial charge in [0, 0.05) is 82.4 Å². The van der Waals surface area contributed by atoms with Crippen LogP contribution in [0.1, 0.15) is 47.7 Å². The van der Waals surface area contributed by atoms with Crippen molar-refractivity contribution in [1.29, 1.82) is 0 Å². The summed E-state index contributed by atoms with van der Waals surface area (Å²) in [6.07, 6.45) is -6.28. The number of halogens is 8. The Balaban J connectivity index is 0.000000236. The Hall–Kier alpha value is -7.32. The molecule has 6 aromatic rings. The number of amides is 2. The van der Waals surface area contributed by atoms with Gasteiger partial charge in [-0.05, 0) is 91.1 Å². The van der Waals surface area contributed by atoms with Gasteiger partial charge < -0.3 is 54.0 Å². The number of aliphatic hydroxyl groups excluding tert-OH is 1. The summed E-state index contributed by atoms with van der Waals surface area (Å²) in [5.74, 6) is -1.10. The number of carbonyl (C=O) groups excluding carboxylic acids is 2. The molecule has 2 aliphatic rings. The molecule has 2 amide bonds. The van der Waals surface area contributed by atoms with Gasteiger partial charge in [-0.25, -0.2) is 16.8 Å². The molecule has 8 rings (SSSR count). The summed E-state index contributed by atoms with van der Waals surface area (Å²) in [4.78, 5) is 31.0. The first kappa shape index (κ1) is 62.3. The zero-order chi connectivity index (χ0) is 59.9. The number of nitrogens with one attached hydrogen (secondary N) is 2. The van der Waals surface area contributed by atoms with Gasteiger partial charge >= 0.3 is 12.7 Å². The molecule has 82 heavy (non-hydrogen) atoms. The van der Waals surface area contributed by atoms with E-state index in [1.54, 1.807) is 18.2 Å². The highest BCUT2D eigenvalue weighted by Gasteiger charge is 2.38. The van der Waals surface area contributed by atoms with Crippen LogP contribution in [0.4, 0.5) is 49.1 Å². The lowest BCUT2D eigenvalue weighted by molar-refractivity contribution is -0.275. The Morgan fingerprint density at radius 2 is 0.988 bits per heavy atom. The fourth-order valence-corrected chi connectivity index (χ4v) is 10.5. The molecular weight excluding hydrogens is 1170 g/mol. The fraction of sp³-hybridized carbons (Fsp3) is 0.309. The molecule has 0 fully saturated rings. The molecule has 0 bridgehead atoms. The van der Waals surface area contributed by atoms with Gasteiger partial charge in [0.1, 0.15) is 53.2 Å². The number of alkyl halides is 6. The highest BCUT2D eigenvalue weighted by Crippen LogP contribution is 2.42. The lowest BCUT2D eigenvalue weighted by atomic mass is 10.0. The summed E-state index contributed by atoms with van der Waals surface area (Å²) in [7, 11) is -4.58. The van der Waals surface area contributed by atoms with Crippen LogP contribution in [-0.4, -0.2) is 106 Å². The summed E-state index contributed by atoms with van der Waals surface area (Å²) in [5, 5.41) is 16.1. The molecule has 0 aromatic heterocycles. The SMILES string of the molecule is CCCOc1cc(Cl)ccc1C(Nc1cc(OC)cc(S(C)(=O)=O)c1)C(=O)N1CCc2ccc(OC(F)(F)F)cc21.COc1cc(NC(C(=O)N2CCc3ccc(OC(F)(F)F)cc32)c2ccc(Cl)cc2OCCO)cc(S(C)(=O)=O)c1. The first-order valence-corrected chi connectivity index (χ1v) is 29.3. The molecule has 2 heterocycles. The van der Waals surface area contributed by atoms with E-state index in [2.05, 4.69) is 20.1 Å². The Morgan fingerprint density at radius 1 is 0.585 bits per heavy atom. The van der Waals surface area contributed by atoms with Crippen LogP contribution in [0.3, 0.4) is 0 Å². The molecule has 0 spiro atoms. The van der Waals surface area contributed by atoms with Crippen molar-refractivity contribution in [1.82, 2.24) is 0 Å². The summed E-state index contributed by atoms with van der Waals surface area (Å²) < 4.78 is 157. The fourth-order valence-electron chi connectivity index (χ4n) is 8.85. The molecule has 17 nitrogen and oxygen atoms in total. The van der Waals surface area contributed by atoms with Crippen molar-refractivity contribution in [3.05, 3.63) is 141 Å². The zero-order valence-electron chi connectivity index (χ0n) is 44.3. The minimum absolute atomic E-state index is 0.0374.